The number of rotatable bonds is 1. The lowest BCUT2D eigenvalue weighted by Crippen LogP contribution is -2.45. The second-order valence-corrected chi connectivity index (χ2v) is 4.79. The number of alkyl carbamates (subject to hydrolysis) is 1. The van der Waals surface area contributed by atoms with Crippen LogP contribution in [0.25, 0.3) is 0 Å². The minimum Gasteiger partial charge on any atom is -0.447 e. The Morgan fingerprint density at radius 3 is 2.75 bits per heavy atom. The van der Waals surface area contributed by atoms with E-state index in [0.29, 0.717) is 13.2 Å². The van der Waals surface area contributed by atoms with Crippen LogP contribution in [0.15, 0.2) is 0 Å². The van der Waals surface area contributed by atoms with Crippen LogP contribution in [0.1, 0.15) is 13.8 Å². The van der Waals surface area contributed by atoms with Gasteiger partial charge in [-0.05, 0) is 13.8 Å². The van der Waals surface area contributed by atoms with Gasteiger partial charge in [-0.1, -0.05) is 0 Å². The summed E-state index contributed by atoms with van der Waals surface area (Å²) >= 11 is 0. The lowest BCUT2D eigenvalue weighted by Gasteiger charge is -2.24. The molecule has 0 aromatic heterocycles. The maximum atomic E-state index is 11.0. The smallest absolute Gasteiger partial charge is 0.407 e. The quantitative estimate of drug-likeness (QED) is 0.686. The van der Waals surface area contributed by atoms with Gasteiger partial charge in [0.1, 0.15) is 24.9 Å². The van der Waals surface area contributed by atoms with E-state index in [-0.39, 0.29) is 24.4 Å². The molecule has 3 heterocycles. The molecule has 0 bridgehead atoms. The van der Waals surface area contributed by atoms with Crippen molar-refractivity contribution >= 4 is 6.09 Å². The number of hydrogen-bond donors (Lipinski definition) is 1. The number of ether oxygens (including phenoxy) is 4. The van der Waals surface area contributed by atoms with E-state index >= 15 is 0 Å². The Balaban J connectivity index is 1.71. The fraction of sp³-hybridized carbons (Fsp3) is 0.900. The average molecular weight is 229 g/mol. The summed E-state index contributed by atoms with van der Waals surface area (Å²) in [7, 11) is 0. The minimum atomic E-state index is -0.569. The minimum absolute atomic E-state index is 0.0440. The molecular weight excluding hydrogens is 214 g/mol. The first-order chi connectivity index (χ1) is 7.55. The van der Waals surface area contributed by atoms with Crippen molar-refractivity contribution in [2.24, 2.45) is 0 Å². The Kier molecular flexibility index (Phi) is 2.14. The fourth-order valence-electron chi connectivity index (χ4n) is 2.49. The molecule has 90 valence electrons. The summed E-state index contributed by atoms with van der Waals surface area (Å²) in [5, 5.41) is 2.71. The van der Waals surface area contributed by atoms with Gasteiger partial charge in [-0.3, -0.25) is 0 Å². The van der Waals surface area contributed by atoms with Crippen LogP contribution in [-0.4, -0.2) is 49.4 Å². The molecule has 3 fully saturated rings. The van der Waals surface area contributed by atoms with E-state index in [4.69, 9.17) is 18.9 Å². The predicted octanol–water partition coefficient (Wildman–Crippen LogP) is 0.0137. The summed E-state index contributed by atoms with van der Waals surface area (Å²) in [6.45, 7) is 4.60. The number of carbonyl (C=O) groups excluding carboxylic acids is 1. The second-order valence-electron chi connectivity index (χ2n) is 4.79. The SMILES string of the molecule is CC1(C)O[C@H]2[C@@H]([C@@H]3COC(=O)N3)OC[C@H]2O1. The largest absolute Gasteiger partial charge is 0.447 e. The van der Waals surface area contributed by atoms with Crippen LogP contribution in [0.5, 0.6) is 0 Å². The summed E-state index contributed by atoms with van der Waals surface area (Å²) in [4.78, 5) is 11.0. The molecule has 0 radical (unpaired) electrons. The molecule has 0 aliphatic carbocycles. The normalized spacial score (nSPS) is 45.2. The van der Waals surface area contributed by atoms with Gasteiger partial charge in [-0.25, -0.2) is 4.79 Å². The van der Waals surface area contributed by atoms with Gasteiger partial charge in [0.15, 0.2) is 5.79 Å². The third-order valence-corrected chi connectivity index (χ3v) is 3.09. The molecule has 0 unspecified atom stereocenters. The Morgan fingerprint density at radius 1 is 1.25 bits per heavy atom. The number of hydrogen-bond acceptors (Lipinski definition) is 5. The molecule has 0 aromatic rings. The molecule has 3 rings (SSSR count). The molecule has 3 aliphatic heterocycles. The highest BCUT2D eigenvalue weighted by Crippen LogP contribution is 2.36. The molecule has 16 heavy (non-hydrogen) atoms. The number of amides is 1. The van der Waals surface area contributed by atoms with Gasteiger partial charge >= 0.3 is 6.09 Å². The van der Waals surface area contributed by atoms with Crippen LogP contribution in [0, 0.1) is 0 Å². The van der Waals surface area contributed by atoms with Crippen molar-refractivity contribution in [3.63, 3.8) is 0 Å². The Labute approximate surface area is 93.2 Å². The van der Waals surface area contributed by atoms with Gasteiger partial charge in [-0.2, -0.15) is 0 Å². The maximum absolute atomic E-state index is 11.0. The number of carbonyl (C=O) groups is 1. The zero-order valence-corrected chi connectivity index (χ0v) is 9.26. The van der Waals surface area contributed by atoms with E-state index in [0.717, 1.165) is 0 Å². The molecular formula is C10H15NO5. The fourth-order valence-corrected chi connectivity index (χ4v) is 2.49. The maximum Gasteiger partial charge on any atom is 0.407 e. The molecule has 6 heteroatoms. The first-order valence-corrected chi connectivity index (χ1v) is 5.46. The van der Waals surface area contributed by atoms with E-state index in [9.17, 15) is 4.79 Å². The highest BCUT2D eigenvalue weighted by atomic mass is 16.8. The lowest BCUT2D eigenvalue weighted by molar-refractivity contribution is -0.177. The summed E-state index contributed by atoms with van der Waals surface area (Å²) < 4.78 is 21.9. The van der Waals surface area contributed by atoms with E-state index in [2.05, 4.69) is 5.32 Å². The number of fused-ring (bicyclic) bond motifs is 1. The Hall–Kier alpha value is -0.850. The zero-order valence-electron chi connectivity index (χ0n) is 9.26. The van der Waals surface area contributed by atoms with Gasteiger partial charge in [-0.15, -0.1) is 0 Å². The standard InChI is InChI=1S/C10H15NO5/c1-10(2)15-6-4-13-7(8(6)16-10)5-3-14-9(12)11-5/h5-8H,3-4H2,1-2H3,(H,11,12)/t5-,6+,7+,8+/m0/s1. The van der Waals surface area contributed by atoms with Crippen molar-refractivity contribution in [3.8, 4) is 0 Å². The van der Waals surface area contributed by atoms with Crippen LogP contribution in [0.2, 0.25) is 0 Å². The molecule has 1 N–H and O–H groups in total. The zero-order chi connectivity index (χ0) is 11.3. The van der Waals surface area contributed by atoms with Crippen LogP contribution in [-0.2, 0) is 18.9 Å². The number of cyclic esters (lactones) is 1. The molecule has 3 aliphatic rings. The van der Waals surface area contributed by atoms with Gasteiger partial charge < -0.3 is 24.3 Å². The third-order valence-electron chi connectivity index (χ3n) is 3.09. The van der Waals surface area contributed by atoms with Crippen LogP contribution >= 0.6 is 0 Å². The lowest BCUT2D eigenvalue weighted by atomic mass is 10.1. The van der Waals surface area contributed by atoms with Gasteiger partial charge in [0.05, 0.1) is 12.6 Å². The highest BCUT2D eigenvalue weighted by Gasteiger charge is 2.53. The first kappa shape index (κ1) is 10.3. The summed E-state index contributed by atoms with van der Waals surface area (Å²) in [6.07, 6.45) is -0.743. The van der Waals surface area contributed by atoms with Crippen LogP contribution in [0.3, 0.4) is 0 Å². The average Bonchev–Trinajstić information content (AvgIpc) is 2.79. The molecule has 4 atom stereocenters. The van der Waals surface area contributed by atoms with Crippen LogP contribution < -0.4 is 5.32 Å². The highest BCUT2D eigenvalue weighted by molar-refractivity contribution is 5.69. The monoisotopic (exact) mass is 229 g/mol. The van der Waals surface area contributed by atoms with E-state index in [1.165, 1.54) is 0 Å². The summed E-state index contributed by atoms with van der Waals surface area (Å²) in [6, 6.07) is -0.139. The summed E-state index contributed by atoms with van der Waals surface area (Å²) in [5.74, 6) is -0.569. The summed E-state index contributed by atoms with van der Waals surface area (Å²) in [5.41, 5.74) is 0. The van der Waals surface area contributed by atoms with Crippen molar-refractivity contribution in [3.05, 3.63) is 0 Å². The van der Waals surface area contributed by atoms with E-state index in [1.807, 2.05) is 13.8 Å². The van der Waals surface area contributed by atoms with Crippen molar-refractivity contribution in [1.82, 2.24) is 5.32 Å². The van der Waals surface area contributed by atoms with Crippen LogP contribution in [0.4, 0.5) is 4.79 Å². The van der Waals surface area contributed by atoms with Gasteiger partial charge in [0, 0.05) is 0 Å². The Bertz CT molecular complexity index is 318. The van der Waals surface area contributed by atoms with E-state index in [1.54, 1.807) is 0 Å². The molecule has 0 saturated carbocycles. The molecule has 0 aromatic carbocycles. The van der Waals surface area contributed by atoms with Gasteiger partial charge in [0.25, 0.3) is 0 Å². The first-order valence-electron chi connectivity index (χ1n) is 5.46. The van der Waals surface area contributed by atoms with Crippen molar-refractivity contribution in [1.29, 1.82) is 0 Å². The van der Waals surface area contributed by atoms with E-state index < -0.39 is 11.9 Å². The second kappa shape index (κ2) is 3.32. The van der Waals surface area contributed by atoms with Gasteiger partial charge in [0.2, 0.25) is 0 Å². The Morgan fingerprint density at radius 2 is 2.06 bits per heavy atom. The molecule has 0 spiro atoms. The van der Waals surface area contributed by atoms with Crippen molar-refractivity contribution in [2.45, 2.75) is 44.0 Å². The third kappa shape index (κ3) is 1.57. The number of nitrogens with one attached hydrogen (secondary N) is 1. The molecule has 6 nitrogen and oxygen atoms in total. The molecule has 1 amide bonds. The molecule has 3 saturated heterocycles. The predicted molar refractivity (Wildman–Crippen MR) is 51.8 cm³/mol. The topological polar surface area (TPSA) is 66.0 Å². The van der Waals surface area contributed by atoms with Crippen molar-refractivity contribution in [2.75, 3.05) is 13.2 Å². The van der Waals surface area contributed by atoms with Crippen molar-refractivity contribution < 1.29 is 23.7 Å².